The van der Waals surface area contributed by atoms with Gasteiger partial charge in [-0.1, -0.05) is 24.6 Å². The lowest BCUT2D eigenvalue weighted by Gasteiger charge is -2.26. The van der Waals surface area contributed by atoms with Gasteiger partial charge in [0.15, 0.2) is 23.0 Å². The van der Waals surface area contributed by atoms with Gasteiger partial charge in [0.2, 0.25) is 0 Å². The van der Waals surface area contributed by atoms with E-state index in [1.807, 2.05) is 6.92 Å². The summed E-state index contributed by atoms with van der Waals surface area (Å²) >= 11 is 5.80. The van der Waals surface area contributed by atoms with Gasteiger partial charge in [-0.2, -0.15) is 0 Å². The molecule has 0 fully saturated rings. The molecule has 0 saturated carbocycles. The van der Waals surface area contributed by atoms with Crippen molar-refractivity contribution in [2.24, 2.45) is 11.7 Å². The Morgan fingerprint density at radius 2 is 1.67 bits per heavy atom. The highest BCUT2D eigenvalue weighted by molar-refractivity contribution is 6.32. The minimum atomic E-state index is -1.10. The molecule has 2 rings (SSSR count). The minimum Gasteiger partial charge on any atom is -0.504 e. The van der Waals surface area contributed by atoms with Crippen molar-refractivity contribution in [3.63, 3.8) is 0 Å². The Morgan fingerprint density at radius 1 is 1.00 bits per heavy atom. The van der Waals surface area contributed by atoms with Gasteiger partial charge in [0, 0.05) is 6.04 Å². The van der Waals surface area contributed by atoms with E-state index < -0.39 is 23.6 Å². The van der Waals surface area contributed by atoms with Crippen molar-refractivity contribution in [2.75, 3.05) is 0 Å². The predicted molar refractivity (Wildman–Crippen MR) is 90.4 cm³/mol. The van der Waals surface area contributed by atoms with E-state index in [2.05, 4.69) is 0 Å². The fraction of sp³-hybridized carbons (Fsp3) is 0.294. The SMILES string of the molecule is CC(Cc1ccc(O)c(O)c1)C(N)C(O)c1cc(O)c(O)c(Cl)c1. The van der Waals surface area contributed by atoms with Crippen molar-refractivity contribution in [1.29, 1.82) is 0 Å². The number of rotatable bonds is 5. The first-order chi connectivity index (χ1) is 11.2. The largest absolute Gasteiger partial charge is 0.504 e. The zero-order chi connectivity index (χ0) is 18.0. The number of aliphatic hydroxyl groups excluding tert-OH is 1. The summed E-state index contributed by atoms with van der Waals surface area (Å²) in [5.74, 6) is -1.48. The molecule has 2 aromatic rings. The maximum atomic E-state index is 10.4. The van der Waals surface area contributed by atoms with Gasteiger partial charge in [-0.05, 0) is 47.7 Å². The van der Waals surface area contributed by atoms with E-state index in [1.54, 1.807) is 6.07 Å². The van der Waals surface area contributed by atoms with E-state index in [0.29, 0.717) is 12.0 Å². The van der Waals surface area contributed by atoms with Gasteiger partial charge < -0.3 is 31.3 Å². The number of nitrogens with two attached hydrogens (primary N) is 1. The van der Waals surface area contributed by atoms with E-state index >= 15 is 0 Å². The molecule has 0 spiro atoms. The molecule has 24 heavy (non-hydrogen) atoms. The molecular formula is C17H20ClNO5. The molecule has 0 aliphatic heterocycles. The number of hydrogen-bond donors (Lipinski definition) is 6. The second-order valence-electron chi connectivity index (χ2n) is 5.90. The Labute approximate surface area is 144 Å². The van der Waals surface area contributed by atoms with Crippen molar-refractivity contribution < 1.29 is 25.5 Å². The zero-order valence-electron chi connectivity index (χ0n) is 13.0. The lowest BCUT2D eigenvalue weighted by molar-refractivity contribution is 0.121. The van der Waals surface area contributed by atoms with Crippen molar-refractivity contribution in [3.8, 4) is 23.0 Å². The van der Waals surface area contributed by atoms with Crippen LogP contribution < -0.4 is 5.73 Å². The van der Waals surface area contributed by atoms with Crippen LogP contribution in [0.25, 0.3) is 0 Å². The maximum absolute atomic E-state index is 10.4. The summed E-state index contributed by atoms with van der Waals surface area (Å²) in [6.07, 6.45) is -0.640. The van der Waals surface area contributed by atoms with Gasteiger partial charge in [-0.25, -0.2) is 0 Å². The molecule has 0 radical (unpaired) electrons. The molecule has 0 heterocycles. The van der Waals surface area contributed by atoms with Crippen molar-refractivity contribution in [3.05, 3.63) is 46.5 Å². The standard InChI is InChI=1S/C17H20ClNO5/c1-8(4-9-2-3-12(20)13(21)5-9)15(19)16(23)10-6-11(18)17(24)14(22)7-10/h2-3,5-8,15-16,20-24H,4,19H2,1H3. The Kier molecular flexibility index (Phi) is 5.43. The Balaban J connectivity index is 2.14. The van der Waals surface area contributed by atoms with Gasteiger partial charge in [-0.3, -0.25) is 0 Å². The molecule has 3 unspecified atom stereocenters. The summed E-state index contributed by atoms with van der Waals surface area (Å²) in [6, 6.07) is 6.37. The summed E-state index contributed by atoms with van der Waals surface area (Å²) in [6.45, 7) is 1.83. The monoisotopic (exact) mass is 353 g/mol. The predicted octanol–water partition coefficient (Wildman–Crippen LogP) is 2.40. The van der Waals surface area contributed by atoms with Crippen LogP contribution in [0.3, 0.4) is 0 Å². The lowest BCUT2D eigenvalue weighted by Crippen LogP contribution is -2.36. The minimum absolute atomic E-state index is 0.0765. The third-order valence-electron chi connectivity index (χ3n) is 4.03. The van der Waals surface area contributed by atoms with E-state index in [0.717, 1.165) is 5.56 Å². The molecule has 0 bridgehead atoms. The third kappa shape index (κ3) is 3.84. The number of aromatic hydroxyl groups is 4. The molecule has 0 amide bonds. The highest BCUT2D eigenvalue weighted by Gasteiger charge is 2.25. The summed E-state index contributed by atoms with van der Waals surface area (Å²) in [5.41, 5.74) is 7.15. The normalized spacial score (nSPS) is 15.0. The van der Waals surface area contributed by atoms with Crippen LogP contribution in [0, 0.1) is 5.92 Å². The van der Waals surface area contributed by atoms with Crippen molar-refractivity contribution in [1.82, 2.24) is 0 Å². The van der Waals surface area contributed by atoms with Crippen molar-refractivity contribution in [2.45, 2.75) is 25.5 Å². The van der Waals surface area contributed by atoms with E-state index in [4.69, 9.17) is 17.3 Å². The van der Waals surface area contributed by atoms with E-state index in [-0.39, 0.29) is 22.4 Å². The molecule has 0 aliphatic carbocycles. The van der Waals surface area contributed by atoms with Gasteiger partial charge in [-0.15, -0.1) is 0 Å². The highest BCUT2D eigenvalue weighted by atomic mass is 35.5. The molecule has 0 aliphatic rings. The topological polar surface area (TPSA) is 127 Å². The zero-order valence-corrected chi connectivity index (χ0v) is 13.8. The fourth-order valence-corrected chi connectivity index (χ4v) is 2.74. The lowest BCUT2D eigenvalue weighted by atomic mass is 9.88. The molecular weight excluding hydrogens is 334 g/mol. The fourth-order valence-electron chi connectivity index (χ4n) is 2.51. The quantitative estimate of drug-likeness (QED) is 0.458. The van der Waals surface area contributed by atoms with Crippen LogP contribution in [0.5, 0.6) is 23.0 Å². The van der Waals surface area contributed by atoms with Crippen LogP contribution in [0.4, 0.5) is 0 Å². The molecule has 3 atom stereocenters. The number of phenolic OH excluding ortho intramolecular Hbond substituents is 4. The highest BCUT2D eigenvalue weighted by Crippen LogP contribution is 2.37. The third-order valence-corrected chi connectivity index (χ3v) is 4.31. The van der Waals surface area contributed by atoms with E-state index in [1.165, 1.54) is 24.3 Å². The first-order valence-corrected chi connectivity index (χ1v) is 7.74. The van der Waals surface area contributed by atoms with Crippen LogP contribution in [0.15, 0.2) is 30.3 Å². The first kappa shape index (κ1) is 18.2. The van der Waals surface area contributed by atoms with Crippen molar-refractivity contribution >= 4 is 11.6 Å². The molecule has 6 nitrogen and oxygen atoms in total. The number of hydrogen-bond acceptors (Lipinski definition) is 6. The summed E-state index contributed by atoms with van der Waals surface area (Å²) in [5, 5.41) is 48.3. The summed E-state index contributed by atoms with van der Waals surface area (Å²) in [4.78, 5) is 0. The molecule has 0 saturated heterocycles. The Morgan fingerprint density at radius 3 is 2.25 bits per heavy atom. The van der Waals surface area contributed by atoms with Gasteiger partial charge in [0.05, 0.1) is 11.1 Å². The molecule has 7 N–H and O–H groups in total. The molecule has 7 heteroatoms. The summed E-state index contributed by atoms with van der Waals surface area (Å²) in [7, 11) is 0. The average Bonchev–Trinajstić information content (AvgIpc) is 2.54. The Hall–Kier alpha value is -2.15. The van der Waals surface area contributed by atoms with Crippen LogP contribution in [-0.4, -0.2) is 31.6 Å². The van der Waals surface area contributed by atoms with Gasteiger partial charge >= 0.3 is 0 Å². The van der Waals surface area contributed by atoms with E-state index in [9.17, 15) is 25.5 Å². The second-order valence-corrected chi connectivity index (χ2v) is 6.30. The summed E-state index contributed by atoms with van der Waals surface area (Å²) < 4.78 is 0. The molecule has 0 aromatic heterocycles. The van der Waals surface area contributed by atoms with Gasteiger partial charge in [0.25, 0.3) is 0 Å². The molecule has 2 aromatic carbocycles. The van der Waals surface area contributed by atoms with Crippen LogP contribution >= 0.6 is 11.6 Å². The number of benzene rings is 2. The van der Waals surface area contributed by atoms with Crippen LogP contribution in [0.1, 0.15) is 24.2 Å². The van der Waals surface area contributed by atoms with Crippen LogP contribution in [-0.2, 0) is 6.42 Å². The number of halogens is 1. The number of aliphatic hydroxyl groups is 1. The average molecular weight is 354 g/mol. The molecule has 130 valence electrons. The maximum Gasteiger partial charge on any atom is 0.176 e. The number of phenols is 4. The van der Waals surface area contributed by atoms with Crippen LogP contribution in [0.2, 0.25) is 5.02 Å². The smallest absolute Gasteiger partial charge is 0.176 e. The van der Waals surface area contributed by atoms with Gasteiger partial charge in [0.1, 0.15) is 0 Å². The second kappa shape index (κ2) is 7.17. The Bertz CT molecular complexity index is 714. The first-order valence-electron chi connectivity index (χ1n) is 7.36.